The zero-order valence-corrected chi connectivity index (χ0v) is 11.5. The minimum Gasteiger partial charge on any atom is -0.227 e. The van der Waals surface area contributed by atoms with Crippen LogP contribution in [0.2, 0.25) is 0 Å². The normalized spacial score (nSPS) is 39.4. The molecule has 0 aromatic rings. The van der Waals surface area contributed by atoms with Gasteiger partial charge in [-0.1, -0.05) is 12.2 Å². The van der Waals surface area contributed by atoms with Crippen molar-refractivity contribution in [3.8, 4) is 0 Å². The molecule has 3 heteroatoms. The summed E-state index contributed by atoms with van der Waals surface area (Å²) in [5, 5.41) is 0. The molecular weight excluding hydrogens is 220 g/mol. The van der Waals surface area contributed by atoms with E-state index in [9.17, 15) is 8.42 Å². The predicted octanol–water partition coefficient (Wildman–Crippen LogP) is 2.94. The van der Waals surface area contributed by atoms with E-state index >= 15 is 0 Å². The third-order valence-electron chi connectivity index (χ3n) is 4.71. The van der Waals surface area contributed by atoms with Crippen molar-refractivity contribution in [2.45, 2.75) is 56.5 Å². The molecule has 2 fully saturated rings. The molecule has 0 aromatic heterocycles. The van der Waals surface area contributed by atoms with Crippen LogP contribution in [0.15, 0.2) is 12.2 Å². The molecule has 0 unspecified atom stereocenters. The van der Waals surface area contributed by atoms with Gasteiger partial charge in [0.1, 0.15) is 0 Å². The lowest BCUT2D eigenvalue weighted by Crippen LogP contribution is -2.50. The highest BCUT2D eigenvalue weighted by atomic mass is 32.2. The third kappa shape index (κ3) is 1.21. The van der Waals surface area contributed by atoms with Crippen molar-refractivity contribution in [1.29, 1.82) is 0 Å². The molecule has 0 spiro atoms. The van der Waals surface area contributed by atoms with E-state index in [0.29, 0.717) is 11.8 Å². The fraction of sp³-hybridized carbons (Fsp3) is 0.846. The van der Waals surface area contributed by atoms with E-state index in [1.54, 1.807) is 20.8 Å². The maximum Gasteiger partial charge on any atom is 0.164 e. The van der Waals surface area contributed by atoms with Gasteiger partial charge in [-0.05, 0) is 58.8 Å². The summed E-state index contributed by atoms with van der Waals surface area (Å²) < 4.78 is 24.1. The fourth-order valence-electron chi connectivity index (χ4n) is 3.49. The number of fused-ring (bicyclic) bond motifs is 2. The molecule has 92 valence electrons. The molecule has 2 saturated carbocycles. The molecule has 3 atom stereocenters. The summed E-state index contributed by atoms with van der Waals surface area (Å²) in [6.45, 7) is 11.4. The Morgan fingerprint density at radius 2 is 1.88 bits per heavy atom. The van der Waals surface area contributed by atoms with E-state index in [1.807, 2.05) is 6.92 Å². The quantitative estimate of drug-likeness (QED) is 0.662. The monoisotopic (exact) mass is 242 g/mol. The fourth-order valence-corrected chi connectivity index (χ4v) is 5.93. The molecule has 2 bridgehead atoms. The molecule has 0 N–H and O–H groups in total. The Kier molecular flexibility index (Phi) is 2.37. The first kappa shape index (κ1) is 12.2. The highest BCUT2D eigenvalue weighted by Gasteiger charge is 2.60. The number of hydrogen-bond acceptors (Lipinski definition) is 2. The Hall–Kier alpha value is -0.310. The van der Waals surface area contributed by atoms with E-state index in [-0.39, 0.29) is 0 Å². The number of sulfone groups is 1. The van der Waals surface area contributed by atoms with Gasteiger partial charge < -0.3 is 0 Å². The Morgan fingerprint density at radius 1 is 1.31 bits per heavy atom. The standard InChI is InChI=1S/C13H22O2S/c1-9-10-6-7-11(8-10)13(9,5)16(14,15)12(2,3)4/h10-11H,1,6-8H2,2-5H3/t10-,11+,13+/m0/s1. The van der Waals surface area contributed by atoms with E-state index in [0.717, 1.165) is 24.8 Å². The van der Waals surface area contributed by atoms with Crippen LogP contribution in [-0.4, -0.2) is 17.9 Å². The smallest absolute Gasteiger partial charge is 0.164 e. The second kappa shape index (κ2) is 3.12. The van der Waals surface area contributed by atoms with Gasteiger partial charge in [0, 0.05) is 0 Å². The Bertz CT molecular complexity index is 427. The van der Waals surface area contributed by atoms with Gasteiger partial charge in [-0.25, -0.2) is 8.42 Å². The van der Waals surface area contributed by atoms with Crippen LogP contribution in [0.3, 0.4) is 0 Å². The van der Waals surface area contributed by atoms with Crippen molar-refractivity contribution in [2.75, 3.05) is 0 Å². The number of rotatable bonds is 1. The Morgan fingerprint density at radius 3 is 2.25 bits per heavy atom. The minimum absolute atomic E-state index is 0.300. The van der Waals surface area contributed by atoms with Crippen LogP contribution in [-0.2, 0) is 9.84 Å². The Labute approximate surface area is 99.0 Å². The van der Waals surface area contributed by atoms with Crippen molar-refractivity contribution in [3.63, 3.8) is 0 Å². The van der Waals surface area contributed by atoms with Crippen LogP contribution in [0.4, 0.5) is 0 Å². The molecule has 2 aliphatic rings. The first-order chi connectivity index (χ1) is 7.12. The lowest BCUT2D eigenvalue weighted by atomic mass is 9.86. The van der Waals surface area contributed by atoms with Crippen LogP contribution in [0.5, 0.6) is 0 Å². The molecule has 0 radical (unpaired) electrons. The zero-order chi connectivity index (χ0) is 12.4. The summed E-state index contributed by atoms with van der Waals surface area (Å²) in [4.78, 5) is 0. The van der Waals surface area contributed by atoms with Crippen molar-refractivity contribution in [2.24, 2.45) is 11.8 Å². The van der Waals surface area contributed by atoms with Crippen molar-refractivity contribution in [1.82, 2.24) is 0 Å². The second-order valence-corrected chi connectivity index (χ2v) is 9.53. The summed E-state index contributed by atoms with van der Waals surface area (Å²) in [5.74, 6) is 0.751. The van der Waals surface area contributed by atoms with Crippen molar-refractivity contribution in [3.05, 3.63) is 12.2 Å². The van der Waals surface area contributed by atoms with Crippen LogP contribution < -0.4 is 0 Å². The maximum absolute atomic E-state index is 12.7. The Balaban J connectivity index is 2.53. The molecule has 2 nitrogen and oxygen atoms in total. The summed E-state index contributed by atoms with van der Waals surface area (Å²) in [7, 11) is -3.16. The van der Waals surface area contributed by atoms with Crippen LogP contribution in [0.1, 0.15) is 47.0 Å². The zero-order valence-electron chi connectivity index (χ0n) is 10.7. The second-order valence-electron chi connectivity index (χ2n) is 6.45. The predicted molar refractivity (Wildman–Crippen MR) is 67.0 cm³/mol. The highest BCUT2D eigenvalue weighted by molar-refractivity contribution is 7.94. The minimum atomic E-state index is -3.16. The third-order valence-corrected chi connectivity index (χ3v) is 8.03. The first-order valence-electron chi connectivity index (χ1n) is 6.06. The van der Waals surface area contributed by atoms with E-state index < -0.39 is 19.3 Å². The van der Waals surface area contributed by atoms with Gasteiger partial charge in [0.05, 0.1) is 9.49 Å². The molecule has 0 aliphatic heterocycles. The van der Waals surface area contributed by atoms with Gasteiger partial charge in [0.2, 0.25) is 0 Å². The van der Waals surface area contributed by atoms with Crippen molar-refractivity contribution < 1.29 is 8.42 Å². The lowest BCUT2D eigenvalue weighted by molar-refractivity contribution is 0.425. The van der Waals surface area contributed by atoms with Gasteiger partial charge in [-0.15, -0.1) is 0 Å². The average Bonchev–Trinajstić information content (AvgIpc) is 2.68. The van der Waals surface area contributed by atoms with Gasteiger partial charge in [0.15, 0.2) is 9.84 Å². The van der Waals surface area contributed by atoms with Crippen LogP contribution in [0.25, 0.3) is 0 Å². The molecular formula is C13H22O2S. The van der Waals surface area contributed by atoms with Crippen LogP contribution in [0, 0.1) is 11.8 Å². The largest absolute Gasteiger partial charge is 0.227 e. The first-order valence-corrected chi connectivity index (χ1v) is 7.54. The molecule has 0 heterocycles. The number of hydrogen-bond donors (Lipinski definition) is 0. The molecule has 0 aromatic carbocycles. The summed E-state index contributed by atoms with van der Waals surface area (Å²) in [6, 6.07) is 0. The average molecular weight is 242 g/mol. The highest BCUT2D eigenvalue weighted by Crippen LogP contribution is 2.58. The molecule has 0 saturated heterocycles. The van der Waals surface area contributed by atoms with E-state index in [1.165, 1.54) is 0 Å². The lowest BCUT2D eigenvalue weighted by Gasteiger charge is -2.40. The van der Waals surface area contributed by atoms with Gasteiger partial charge in [-0.3, -0.25) is 0 Å². The van der Waals surface area contributed by atoms with Gasteiger partial charge >= 0.3 is 0 Å². The SMILES string of the molecule is C=C1[C@H]2CC[C@H](C2)[C@]1(C)S(=O)(=O)C(C)(C)C. The molecule has 0 amide bonds. The van der Waals surface area contributed by atoms with E-state index in [2.05, 4.69) is 6.58 Å². The van der Waals surface area contributed by atoms with Crippen molar-refractivity contribution >= 4 is 9.84 Å². The van der Waals surface area contributed by atoms with Crippen LogP contribution >= 0.6 is 0 Å². The summed E-state index contributed by atoms with van der Waals surface area (Å²) >= 11 is 0. The summed E-state index contributed by atoms with van der Waals surface area (Å²) in [6.07, 6.45) is 3.22. The van der Waals surface area contributed by atoms with Gasteiger partial charge in [0.25, 0.3) is 0 Å². The molecule has 16 heavy (non-hydrogen) atoms. The topological polar surface area (TPSA) is 34.1 Å². The molecule has 2 aliphatic carbocycles. The van der Waals surface area contributed by atoms with E-state index in [4.69, 9.17) is 0 Å². The summed E-state index contributed by atoms with van der Waals surface area (Å²) in [5.41, 5.74) is 0.971. The maximum atomic E-state index is 12.7. The van der Waals surface area contributed by atoms with Gasteiger partial charge in [-0.2, -0.15) is 0 Å². The molecule has 2 rings (SSSR count).